The first-order valence-corrected chi connectivity index (χ1v) is 6.10. The molecule has 0 aliphatic carbocycles. The van der Waals surface area contributed by atoms with E-state index in [1.807, 2.05) is 11.0 Å². The summed E-state index contributed by atoms with van der Waals surface area (Å²) >= 11 is 0. The first-order chi connectivity index (χ1) is 8.65. The number of phenols is 1. The Bertz CT molecular complexity index is 449. The Morgan fingerprint density at radius 3 is 2.67 bits per heavy atom. The number of piperazine rings is 1. The van der Waals surface area contributed by atoms with Crippen molar-refractivity contribution in [3.05, 3.63) is 35.9 Å². The van der Waals surface area contributed by atoms with Crippen LogP contribution in [0.2, 0.25) is 0 Å². The Labute approximate surface area is 107 Å². The Hall–Kier alpha value is -1.81. The predicted molar refractivity (Wildman–Crippen MR) is 71.2 cm³/mol. The lowest BCUT2D eigenvalue weighted by molar-refractivity contribution is -0.127. The van der Waals surface area contributed by atoms with Crippen LogP contribution in [0, 0.1) is 0 Å². The molecule has 4 nitrogen and oxygen atoms in total. The number of rotatable bonds is 2. The van der Waals surface area contributed by atoms with E-state index in [9.17, 15) is 9.90 Å². The van der Waals surface area contributed by atoms with Crippen molar-refractivity contribution in [2.45, 2.75) is 0 Å². The molecule has 0 radical (unpaired) electrons. The highest BCUT2D eigenvalue weighted by atomic mass is 16.3. The van der Waals surface area contributed by atoms with Gasteiger partial charge in [-0.05, 0) is 30.8 Å². The molecule has 0 saturated carbocycles. The normalized spacial score (nSPS) is 17.3. The van der Waals surface area contributed by atoms with Crippen LogP contribution >= 0.6 is 0 Å². The topological polar surface area (TPSA) is 43.8 Å². The van der Waals surface area contributed by atoms with E-state index in [-0.39, 0.29) is 11.7 Å². The van der Waals surface area contributed by atoms with E-state index in [2.05, 4.69) is 11.9 Å². The van der Waals surface area contributed by atoms with E-state index in [4.69, 9.17) is 0 Å². The zero-order valence-corrected chi connectivity index (χ0v) is 10.5. The second-order valence-corrected chi connectivity index (χ2v) is 4.56. The van der Waals surface area contributed by atoms with E-state index in [1.54, 1.807) is 30.4 Å². The van der Waals surface area contributed by atoms with Gasteiger partial charge in [0.15, 0.2) is 0 Å². The summed E-state index contributed by atoms with van der Waals surface area (Å²) in [6.07, 6.45) is 3.31. The third kappa shape index (κ3) is 3.34. The van der Waals surface area contributed by atoms with Gasteiger partial charge < -0.3 is 14.9 Å². The summed E-state index contributed by atoms with van der Waals surface area (Å²) in [5.41, 5.74) is 0.831. The second-order valence-electron chi connectivity index (χ2n) is 4.56. The number of nitrogens with zero attached hydrogens (tertiary/aromatic N) is 2. The van der Waals surface area contributed by atoms with Gasteiger partial charge in [-0.2, -0.15) is 0 Å². The number of hydrogen-bond donors (Lipinski definition) is 1. The maximum atomic E-state index is 11.9. The van der Waals surface area contributed by atoms with E-state index in [0.29, 0.717) is 0 Å². The fourth-order valence-electron chi connectivity index (χ4n) is 1.93. The molecule has 4 heteroatoms. The molecule has 0 spiro atoms. The van der Waals surface area contributed by atoms with E-state index >= 15 is 0 Å². The minimum absolute atomic E-state index is 0.0337. The number of carbonyl (C=O) groups excluding carboxylic acids is 1. The predicted octanol–water partition coefficient (Wildman–Crippen LogP) is 1.18. The highest BCUT2D eigenvalue weighted by Crippen LogP contribution is 2.12. The van der Waals surface area contributed by atoms with Crippen LogP contribution in [0.3, 0.4) is 0 Å². The average Bonchev–Trinajstić information content (AvgIpc) is 2.37. The van der Waals surface area contributed by atoms with Crippen molar-refractivity contribution in [2.75, 3.05) is 33.2 Å². The van der Waals surface area contributed by atoms with Crippen molar-refractivity contribution in [3.63, 3.8) is 0 Å². The molecule has 0 bridgehead atoms. The molecule has 0 unspecified atom stereocenters. The van der Waals surface area contributed by atoms with Crippen LogP contribution < -0.4 is 0 Å². The number of carbonyl (C=O) groups is 1. The summed E-state index contributed by atoms with van der Waals surface area (Å²) in [5.74, 6) is 0.246. The maximum Gasteiger partial charge on any atom is 0.246 e. The quantitative estimate of drug-likeness (QED) is 0.797. The van der Waals surface area contributed by atoms with E-state index in [0.717, 1.165) is 31.7 Å². The molecule has 18 heavy (non-hydrogen) atoms. The van der Waals surface area contributed by atoms with Gasteiger partial charge in [0.2, 0.25) is 5.91 Å². The Balaban J connectivity index is 1.94. The van der Waals surface area contributed by atoms with Gasteiger partial charge in [-0.15, -0.1) is 0 Å². The minimum atomic E-state index is 0.0337. The first kappa shape index (κ1) is 12.6. The molecule has 1 aromatic rings. The van der Waals surface area contributed by atoms with Crippen molar-refractivity contribution in [2.24, 2.45) is 0 Å². The third-order valence-electron chi connectivity index (χ3n) is 3.10. The average molecular weight is 246 g/mol. The van der Waals surface area contributed by atoms with Gasteiger partial charge in [0.25, 0.3) is 0 Å². The fourth-order valence-corrected chi connectivity index (χ4v) is 1.93. The Morgan fingerprint density at radius 2 is 2.00 bits per heavy atom. The molecule has 1 heterocycles. The molecule has 1 fully saturated rings. The van der Waals surface area contributed by atoms with E-state index < -0.39 is 0 Å². The number of benzene rings is 1. The maximum absolute atomic E-state index is 11.9. The molecule has 1 aliphatic rings. The van der Waals surface area contributed by atoms with Crippen molar-refractivity contribution in [1.29, 1.82) is 0 Å². The lowest BCUT2D eigenvalue weighted by atomic mass is 10.2. The van der Waals surface area contributed by atoms with Crippen LogP contribution in [0.15, 0.2) is 30.3 Å². The van der Waals surface area contributed by atoms with E-state index in [1.165, 1.54) is 0 Å². The zero-order valence-electron chi connectivity index (χ0n) is 10.5. The third-order valence-corrected chi connectivity index (χ3v) is 3.10. The van der Waals surface area contributed by atoms with Crippen LogP contribution in [-0.2, 0) is 4.79 Å². The lowest BCUT2D eigenvalue weighted by Gasteiger charge is -2.31. The van der Waals surface area contributed by atoms with Crippen LogP contribution in [0.1, 0.15) is 5.56 Å². The largest absolute Gasteiger partial charge is 0.508 e. The van der Waals surface area contributed by atoms with Gasteiger partial charge in [-0.25, -0.2) is 0 Å². The fraction of sp³-hybridized carbons (Fsp3) is 0.357. The molecule has 1 amide bonds. The van der Waals surface area contributed by atoms with Crippen LogP contribution in [0.5, 0.6) is 5.75 Å². The zero-order chi connectivity index (χ0) is 13.0. The molecular formula is C14H18N2O2. The summed E-state index contributed by atoms with van der Waals surface area (Å²) in [4.78, 5) is 16.0. The van der Waals surface area contributed by atoms with Gasteiger partial charge >= 0.3 is 0 Å². The summed E-state index contributed by atoms with van der Waals surface area (Å²) < 4.78 is 0. The molecule has 1 N–H and O–H groups in total. The molecule has 2 rings (SSSR count). The molecule has 1 saturated heterocycles. The highest BCUT2D eigenvalue weighted by Gasteiger charge is 2.16. The van der Waals surface area contributed by atoms with Crippen LogP contribution in [0.4, 0.5) is 0 Å². The monoisotopic (exact) mass is 246 g/mol. The van der Waals surface area contributed by atoms with Crippen LogP contribution in [-0.4, -0.2) is 54.0 Å². The van der Waals surface area contributed by atoms with Gasteiger partial charge in [-0.1, -0.05) is 12.1 Å². The highest BCUT2D eigenvalue weighted by molar-refractivity contribution is 5.91. The Morgan fingerprint density at radius 1 is 1.28 bits per heavy atom. The number of amides is 1. The minimum Gasteiger partial charge on any atom is -0.508 e. The Kier molecular flexibility index (Phi) is 3.99. The molecule has 1 aromatic carbocycles. The first-order valence-electron chi connectivity index (χ1n) is 6.10. The van der Waals surface area contributed by atoms with Gasteiger partial charge in [0.1, 0.15) is 5.75 Å². The molecule has 0 atom stereocenters. The van der Waals surface area contributed by atoms with Crippen LogP contribution in [0.25, 0.3) is 6.08 Å². The molecule has 1 aliphatic heterocycles. The summed E-state index contributed by atoms with van der Waals surface area (Å²) in [6, 6.07) is 6.86. The second kappa shape index (κ2) is 5.69. The van der Waals surface area contributed by atoms with Crippen molar-refractivity contribution >= 4 is 12.0 Å². The summed E-state index contributed by atoms with van der Waals surface area (Å²) in [5, 5.41) is 9.32. The van der Waals surface area contributed by atoms with Gasteiger partial charge in [0, 0.05) is 32.3 Å². The number of phenolic OH excluding ortho intramolecular Hbond substituents is 1. The number of aromatic hydroxyl groups is 1. The smallest absolute Gasteiger partial charge is 0.246 e. The van der Waals surface area contributed by atoms with Crippen molar-refractivity contribution in [3.8, 4) is 5.75 Å². The summed E-state index contributed by atoms with van der Waals surface area (Å²) in [6.45, 7) is 3.40. The molecular weight excluding hydrogens is 228 g/mol. The van der Waals surface area contributed by atoms with Crippen molar-refractivity contribution in [1.82, 2.24) is 9.80 Å². The molecule has 0 aromatic heterocycles. The van der Waals surface area contributed by atoms with Gasteiger partial charge in [-0.3, -0.25) is 4.79 Å². The summed E-state index contributed by atoms with van der Waals surface area (Å²) in [7, 11) is 2.06. The van der Waals surface area contributed by atoms with Crippen molar-refractivity contribution < 1.29 is 9.90 Å². The molecule has 96 valence electrons. The number of likely N-dealkylation sites (N-methyl/N-ethyl adjacent to an activating group) is 1. The SMILES string of the molecule is CN1CCN(C(=O)C=Cc2cccc(O)c2)CC1. The number of hydrogen-bond acceptors (Lipinski definition) is 3. The van der Waals surface area contributed by atoms with Gasteiger partial charge in [0.05, 0.1) is 0 Å². The lowest BCUT2D eigenvalue weighted by Crippen LogP contribution is -2.46. The standard InChI is InChI=1S/C14H18N2O2/c1-15-7-9-16(10-8-15)14(18)6-5-12-3-2-4-13(17)11-12/h2-6,11,17H,7-10H2,1H3.